The van der Waals surface area contributed by atoms with Crippen molar-refractivity contribution in [2.75, 3.05) is 6.61 Å². The number of carbonyl (C=O) groups excluding carboxylic acids is 1. The lowest BCUT2D eigenvalue weighted by Crippen LogP contribution is -2.52. The standard InChI is InChI=1S/C10H22N2O3/c1-4-6(2)8(9(11)14)12-10(15)7(3)5-13/h6-8,10,12-13,15H,4-5H2,1-3H3,(H2,11,14)/t6-,7?,8-,10?/m0/s1. The fourth-order valence-electron chi connectivity index (χ4n) is 1.21. The largest absolute Gasteiger partial charge is 0.396 e. The van der Waals surface area contributed by atoms with Crippen LogP contribution in [0, 0.1) is 11.8 Å². The molecule has 1 amide bonds. The first kappa shape index (κ1) is 14.3. The highest BCUT2D eigenvalue weighted by atomic mass is 16.3. The lowest BCUT2D eigenvalue weighted by molar-refractivity contribution is -0.122. The number of amides is 1. The van der Waals surface area contributed by atoms with Crippen LogP contribution >= 0.6 is 0 Å². The first-order valence-corrected chi connectivity index (χ1v) is 5.28. The Kier molecular flexibility index (Phi) is 6.47. The maximum Gasteiger partial charge on any atom is 0.234 e. The average molecular weight is 218 g/mol. The Balaban J connectivity index is 4.35. The first-order chi connectivity index (χ1) is 6.93. The molecule has 0 aromatic rings. The molecule has 5 N–H and O–H groups in total. The summed E-state index contributed by atoms with van der Waals surface area (Å²) in [4.78, 5) is 11.1. The molecule has 0 aromatic carbocycles. The quantitative estimate of drug-likeness (QED) is 0.430. The summed E-state index contributed by atoms with van der Waals surface area (Å²) in [6.07, 6.45) is -0.123. The molecule has 5 heteroatoms. The molecule has 0 aliphatic heterocycles. The highest BCUT2D eigenvalue weighted by molar-refractivity contribution is 5.80. The molecule has 0 bridgehead atoms. The maximum atomic E-state index is 11.1. The van der Waals surface area contributed by atoms with E-state index in [9.17, 15) is 9.90 Å². The summed E-state index contributed by atoms with van der Waals surface area (Å²) in [5.74, 6) is -0.743. The highest BCUT2D eigenvalue weighted by Crippen LogP contribution is 2.09. The van der Waals surface area contributed by atoms with Gasteiger partial charge in [0, 0.05) is 12.5 Å². The molecule has 2 unspecified atom stereocenters. The molecule has 0 aromatic heterocycles. The second kappa shape index (κ2) is 6.76. The highest BCUT2D eigenvalue weighted by Gasteiger charge is 2.25. The van der Waals surface area contributed by atoms with Crippen molar-refractivity contribution in [2.24, 2.45) is 17.6 Å². The number of primary amides is 1. The van der Waals surface area contributed by atoms with Crippen molar-refractivity contribution in [2.45, 2.75) is 39.5 Å². The minimum absolute atomic E-state index is 0.0584. The van der Waals surface area contributed by atoms with Gasteiger partial charge in [-0.2, -0.15) is 0 Å². The van der Waals surface area contributed by atoms with Crippen LogP contribution in [0.3, 0.4) is 0 Å². The molecule has 15 heavy (non-hydrogen) atoms. The van der Waals surface area contributed by atoms with Gasteiger partial charge in [0.15, 0.2) is 0 Å². The average Bonchev–Trinajstić information content (AvgIpc) is 2.22. The summed E-state index contributed by atoms with van der Waals surface area (Å²) in [7, 11) is 0. The van der Waals surface area contributed by atoms with Crippen LogP contribution in [0.2, 0.25) is 0 Å². The third kappa shape index (κ3) is 4.59. The molecule has 0 aliphatic rings. The SMILES string of the molecule is CC[C@H](C)[C@H](NC(O)C(C)CO)C(N)=O. The minimum Gasteiger partial charge on any atom is -0.396 e. The second-order valence-corrected chi connectivity index (χ2v) is 4.04. The van der Waals surface area contributed by atoms with E-state index in [1.165, 1.54) is 0 Å². The molecule has 0 saturated heterocycles. The molecule has 0 radical (unpaired) electrons. The number of hydrogen-bond acceptors (Lipinski definition) is 4. The monoisotopic (exact) mass is 218 g/mol. The Bertz CT molecular complexity index is 199. The van der Waals surface area contributed by atoms with E-state index in [4.69, 9.17) is 10.8 Å². The number of aliphatic hydroxyl groups excluding tert-OH is 2. The normalized spacial score (nSPS) is 19.3. The zero-order valence-corrected chi connectivity index (χ0v) is 9.60. The molecule has 4 atom stereocenters. The molecule has 0 spiro atoms. The van der Waals surface area contributed by atoms with Gasteiger partial charge in [-0.15, -0.1) is 0 Å². The van der Waals surface area contributed by atoms with Gasteiger partial charge in [0.2, 0.25) is 5.91 Å². The van der Waals surface area contributed by atoms with E-state index >= 15 is 0 Å². The van der Waals surface area contributed by atoms with Crippen molar-refractivity contribution in [1.29, 1.82) is 0 Å². The predicted octanol–water partition coefficient (Wildman–Crippen LogP) is -0.577. The van der Waals surface area contributed by atoms with Gasteiger partial charge >= 0.3 is 0 Å². The van der Waals surface area contributed by atoms with Crippen LogP contribution in [0.1, 0.15) is 27.2 Å². The number of hydrogen-bond donors (Lipinski definition) is 4. The van der Waals surface area contributed by atoms with Gasteiger partial charge in [0.25, 0.3) is 0 Å². The molecular weight excluding hydrogens is 196 g/mol. The Morgan fingerprint density at radius 3 is 2.27 bits per heavy atom. The maximum absolute atomic E-state index is 11.1. The van der Waals surface area contributed by atoms with Gasteiger partial charge in [0.05, 0.1) is 6.04 Å². The molecule has 0 rings (SSSR count). The fraction of sp³-hybridized carbons (Fsp3) is 0.900. The van der Waals surface area contributed by atoms with Crippen LogP contribution in [0.15, 0.2) is 0 Å². The third-order valence-electron chi connectivity index (χ3n) is 2.70. The number of rotatable bonds is 7. The van der Waals surface area contributed by atoms with E-state index in [0.29, 0.717) is 0 Å². The zero-order valence-electron chi connectivity index (χ0n) is 9.60. The minimum atomic E-state index is -0.915. The van der Waals surface area contributed by atoms with Gasteiger partial charge < -0.3 is 15.9 Å². The van der Waals surface area contributed by atoms with E-state index < -0.39 is 18.2 Å². The summed E-state index contributed by atoms with van der Waals surface area (Å²) >= 11 is 0. The molecule has 90 valence electrons. The lowest BCUT2D eigenvalue weighted by atomic mass is 9.97. The Labute approximate surface area is 90.7 Å². The Morgan fingerprint density at radius 1 is 1.40 bits per heavy atom. The molecule has 0 saturated carbocycles. The van der Waals surface area contributed by atoms with Crippen molar-refractivity contribution >= 4 is 5.91 Å². The van der Waals surface area contributed by atoms with Gasteiger partial charge in [-0.25, -0.2) is 0 Å². The summed E-state index contributed by atoms with van der Waals surface area (Å²) in [6.45, 7) is 5.38. The van der Waals surface area contributed by atoms with Gasteiger partial charge in [-0.3, -0.25) is 10.1 Å². The zero-order chi connectivity index (χ0) is 12.0. The van der Waals surface area contributed by atoms with E-state index in [1.54, 1.807) is 6.92 Å². The molecule has 5 nitrogen and oxygen atoms in total. The van der Waals surface area contributed by atoms with Crippen molar-refractivity contribution in [3.63, 3.8) is 0 Å². The second-order valence-electron chi connectivity index (χ2n) is 4.04. The molecule has 0 fully saturated rings. The summed E-state index contributed by atoms with van der Waals surface area (Å²) in [5, 5.41) is 21.2. The van der Waals surface area contributed by atoms with Crippen LogP contribution in [-0.2, 0) is 4.79 Å². The van der Waals surface area contributed by atoms with E-state index in [0.717, 1.165) is 6.42 Å². The number of nitrogens with one attached hydrogen (secondary N) is 1. The third-order valence-corrected chi connectivity index (χ3v) is 2.70. The van der Waals surface area contributed by atoms with Crippen molar-refractivity contribution in [3.8, 4) is 0 Å². The van der Waals surface area contributed by atoms with Crippen LogP contribution in [0.25, 0.3) is 0 Å². The van der Waals surface area contributed by atoms with Crippen LogP contribution < -0.4 is 11.1 Å². The summed E-state index contributed by atoms with van der Waals surface area (Å²) in [5.41, 5.74) is 5.23. The van der Waals surface area contributed by atoms with Crippen molar-refractivity contribution < 1.29 is 15.0 Å². The van der Waals surface area contributed by atoms with Gasteiger partial charge in [-0.05, 0) is 5.92 Å². The van der Waals surface area contributed by atoms with Crippen LogP contribution in [0.5, 0.6) is 0 Å². The summed E-state index contributed by atoms with van der Waals surface area (Å²) in [6, 6.07) is -0.556. The van der Waals surface area contributed by atoms with Crippen LogP contribution in [0.4, 0.5) is 0 Å². The van der Waals surface area contributed by atoms with Gasteiger partial charge in [-0.1, -0.05) is 27.2 Å². The predicted molar refractivity (Wildman–Crippen MR) is 57.8 cm³/mol. The first-order valence-electron chi connectivity index (χ1n) is 5.28. The van der Waals surface area contributed by atoms with Crippen molar-refractivity contribution in [3.05, 3.63) is 0 Å². The Hall–Kier alpha value is -0.650. The summed E-state index contributed by atoms with van der Waals surface area (Å²) < 4.78 is 0. The molecular formula is C10H22N2O3. The van der Waals surface area contributed by atoms with E-state index in [2.05, 4.69) is 5.32 Å². The molecule has 0 aliphatic carbocycles. The van der Waals surface area contributed by atoms with Gasteiger partial charge in [0.1, 0.15) is 6.23 Å². The molecule has 0 heterocycles. The smallest absolute Gasteiger partial charge is 0.234 e. The van der Waals surface area contributed by atoms with Crippen LogP contribution in [-0.4, -0.2) is 35.0 Å². The number of nitrogens with two attached hydrogens (primary N) is 1. The van der Waals surface area contributed by atoms with E-state index in [1.807, 2.05) is 13.8 Å². The van der Waals surface area contributed by atoms with Crippen molar-refractivity contribution in [1.82, 2.24) is 5.32 Å². The number of aliphatic hydroxyl groups is 2. The lowest BCUT2D eigenvalue weighted by Gasteiger charge is -2.26. The van der Waals surface area contributed by atoms with E-state index in [-0.39, 0.29) is 18.4 Å². The fourth-order valence-corrected chi connectivity index (χ4v) is 1.21. The number of carbonyl (C=O) groups is 1. The topological polar surface area (TPSA) is 95.6 Å². The Morgan fingerprint density at radius 2 is 1.93 bits per heavy atom.